The fraction of sp³-hybridized carbons (Fsp3) is 0.857. The molecule has 2 aliphatic heterocycles. The number of rotatable bonds is 3. The zero-order valence-corrected chi connectivity index (χ0v) is 12.2. The first kappa shape index (κ1) is 13.1. The third-order valence-corrected chi connectivity index (χ3v) is 4.86. The Morgan fingerprint density at radius 3 is 2.68 bits per heavy atom. The smallest absolute Gasteiger partial charge is 0.147 e. The third-order valence-electron chi connectivity index (χ3n) is 4.86. The summed E-state index contributed by atoms with van der Waals surface area (Å²) in [5, 5.41) is 12.2. The van der Waals surface area contributed by atoms with E-state index >= 15 is 0 Å². The van der Waals surface area contributed by atoms with Gasteiger partial charge in [0.25, 0.3) is 0 Å². The number of aromatic nitrogens is 3. The lowest BCUT2D eigenvalue weighted by molar-refractivity contribution is 0.142. The van der Waals surface area contributed by atoms with Gasteiger partial charge in [-0.3, -0.25) is 4.90 Å². The highest BCUT2D eigenvalue weighted by molar-refractivity contribution is 4.99. The maximum absolute atomic E-state index is 4.40. The molecular weight excluding hydrogens is 238 g/mol. The van der Waals surface area contributed by atoms with Gasteiger partial charge in [0.15, 0.2) is 0 Å². The van der Waals surface area contributed by atoms with Gasteiger partial charge in [-0.05, 0) is 39.7 Å². The van der Waals surface area contributed by atoms with E-state index < -0.39 is 0 Å². The Morgan fingerprint density at radius 1 is 1.16 bits per heavy atom. The molecule has 1 N–H and O–H groups in total. The average molecular weight is 263 g/mol. The molecule has 5 heteroatoms. The Bertz CT molecular complexity index is 431. The molecule has 3 heterocycles. The summed E-state index contributed by atoms with van der Waals surface area (Å²) in [5.74, 6) is 2.36. The van der Waals surface area contributed by atoms with E-state index in [1.165, 1.54) is 37.3 Å². The minimum absolute atomic E-state index is 0.320. The van der Waals surface area contributed by atoms with Crippen molar-refractivity contribution < 1.29 is 0 Å². The van der Waals surface area contributed by atoms with E-state index in [9.17, 15) is 0 Å². The molecule has 0 atom stereocenters. The topological polar surface area (TPSA) is 46.0 Å². The predicted octanol–water partition coefficient (Wildman–Crippen LogP) is 1.19. The van der Waals surface area contributed by atoms with Crippen molar-refractivity contribution in [1.29, 1.82) is 0 Å². The Labute approximate surface area is 115 Å². The summed E-state index contributed by atoms with van der Waals surface area (Å²) in [7, 11) is 2.07. The van der Waals surface area contributed by atoms with Gasteiger partial charge >= 0.3 is 0 Å². The molecule has 0 aliphatic carbocycles. The fourth-order valence-electron chi connectivity index (χ4n) is 3.14. The van der Waals surface area contributed by atoms with Crippen LogP contribution in [-0.2, 0) is 19.5 Å². The molecule has 0 saturated carbocycles. The van der Waals surface area contributed by atoms with Gasteiger partial charge in [0.1, 0.15) is 11.6 Å². The van der Waals surface area contributed by atoms with E-state index in [0.717, 1.165) is 32.6 Å². The van der Waals surface area contributed by atoms with Crippen molar-refractivity contribution in [2.24, 2.45) is 0 Å². The molecule has 0 aromatic carbocycles. The molecule has 0 radical (unpaired) electrons. The summed E-state index contributed by atoms with van der Waals surface area (Å²) in [5.41, 5.74) is 0.320. The van der Waals surface area contributed by atoms with Gasteiger partial charge in [-0.1, -0.05) is 0 Å². The molecule has 19 heavy (non-hydrogen) atoms. The number of hydrogen-bond donors (Lipinski definition) is 1. The molecule has 1 fully saturated rings. The number of hydrogen-bond acceptors (Lipinski definition) is 4. The number of nitrogens with one attached hydrogen (secondary N) is 1. The summed E-state index contributed by atoms with van der Waals surface area (Å²) < 4.78 is 2.34. The van der Waals surface area contributed by atoms with Crippen molar-refractivity contribution in [1.82, 2.24) is 25.0 Å². The van der Waals surface area contributed by atoms with E-state index in [4.69, 9.17) is 0 Å². The van der Waals surface area contributed by atoms with Crippen LogP contribution in [0.4, 0.5) is 0 Å². The Balaban J connectivity index is 1.62. The first-order valence-electron chi connectivity index (χ1n) is 7.52. The maximum Gasteiger partial charge on any atom is 0.147 e. The minimum atomic E-state index is 0.320. The van der Waals surface area contributed by atoms with Gasteiger partial charge in [0.2, 0.25) is 0 Å². The summed E-state index contributed by atoms with van der Waals surface area (Å²) in [4.78, 5) is 2.52. The Hall–Kier alpha value is -0.940. The molecule has 0 amide bonds. The van der Waals surface area contributed by atoms with Crippen LogP contribution in [0.2, 0.25) is 0 Å². The molecule has 106 valence electrons. The van der Waals surface area contributed by atoms with Crippen molar-refractivity contribution >= 4 is 0 Å². The standard InChI is InChI=1S/C14H25N5/c1-14(15-2)6-9-18(10-7-14)11-13-17-16-12-5-3-4-8-19(12)13/h15H,3-11H2,1-2H3. The van der Waals surface area contributed by atoms with Crippen LogP contribution in [0.1, 0.15) is 44.3 Å². The van der Waals surface area contributed by atoms with Crippen LogP contribution in [0.3, 0.4) is 0 Å². The highest BCUT2D eigenvalue weighted by atomic mass is 15.3. The summed E-state index contributed by atoms with van der Waals surface area (Å²) in [6.07, 6.45) is 6.07. The second-order valence-electron chi connectivity index (χ2n) is 6.23. The second kappa shape index (κ2) is 5.21. The summed E-state index contributed by atoms with van der Waals surface area (Å²) in [6.45, 7) is 6.70. The molecule has 5 nitrogen and oxygen atoms in total. The second-order valence-corrected chi connectivity index (χ2v) is 6.23. The molecule has 1 saturated heterocycles. The maximum atomic E-state index is 4.40. The molecular formula is C14H25N5. The lowest BCUT2D eigenvalue weighted by Gasteiger charge is -2.39. The lowest BCUT2D eigenvalue weighted by Crippen LogP contribution is -2.49. The zero-order valence-electron chi connectivity index (χ0n) is 12.2. The normalized spacial score (nSPS) is 23.3. The highest BCUT2D eigenvalue weighted by Gasteiger charge is 2.29. The zero-order chi connectivity index (χ0) is 13.3. The monoisotopic (exact) mass is 263 g/mol. The van der Waals surface area contributed by atoms with E-state index in [1.807, 2.05) is 0 Å². The molecule has 0 bridgehead atoms. The number of nitrogens with zero attached hydrogens (tertiary/aromatic N) is 4. The number of aryl methyl sites for hydroxylation is 1. The van der Waals surface area contributed by atoms with Crippen LogP contribution in [0, 0.1) is 0 Å². The van der Waals surface area contributed by atoms with Crippen molar-refractivity contribution in [3.63, 3.8) is 0 Å². The average Bonchev–Trinajstić information content (AvgIpc) is 2.85. The first-order valence-corrected chi connectivity index (χ1v) is 7.52. The van der Waals surface area contributed by atoms with Gasteiger partial charge in [0, 0.05) is 31.6 Å². The van der Waals surface area contributed by atoms with E-state index in [2.05, 4.69) is 39.0 Å². The SMILES string of the molecule is CNC1(C)CCN(Cc2nnc3n2CCCC3)CC1. The van der Waals surface area contributed by atoms with Crippen molar-refractivity contribution in [3.05, 3.63) is 11.6 Å². The summed E-state index contributed by atoms with van der Waals surface area (Å²) in [6, 6.07) is 0. The third kappa shape index (κ3) is 2.67. The van der Waals surface area contributed by atoms with Crippen molar-refractivity contribution in [2.75, 3.05) is 20.1 Å². The molecule has 3 rings (SSSR count). The van der Waals surface area contributed by atoms with Crippen LogP contribution < -0.4 is 5.32 Å². The fourth-order valence-corrected chi connectivity index (χ4v) is 3.14. The van der Waals surface area contributed by atoms with Crippen LogP contribution in [0.25, 0.3) is 0 Å². The van der Waals surface area contributed by atoms with Gasteiger partial charge in [-0.2, -0.15) is 0 Å². The number of piperidine rings is 1. The number of likely N-dealkylation sites (tertiary alicyclic amines) is 1. The quantitative estimate of drug-likeness (QED) is 0.890. The molecule has 2 aliphatic rings. The van der Waals surface area contributed by atoms with Crippen LogP contribution >= 0.6 is 0 Å². The van der Waals surface area contributed by atoms with Gasteiger partial charge in [0.05, 0.1) is 6.54 Å². The van der Waals surface area contributed by atoms with E-state index in [-0.39, 0.29) is 0 Å². The molecule has 0 spiro atoms. The van der Waals surface area contributed by atoms with Gasteiger partial charge < -0.3 is 9.88 Å². The van der Waals surface area contributed by atoms with Crippen LogP contribution in [-0.4, -0.2) is 45.3 Å². The van der Waals surface area contributed by atoms with E-state index in [1.54, 1.807) is 0 Å². The Kier molecular flexibility index (Phi) is 3.58. The van der Waals surface area contributed by atoms with Gasteiger partial charge in [-0.15, -0.1) is 10.2 Å². The predicted molar refractivity (Wildman–Crippen MR) is 74.9 cm³/mol. The molecule has 1 aromatic heterocycles. The summed E-state index contributed by atoms with van der Waals surface area (Å²) >= 11 is 0. The first-order chi connectivity index (χ1) is 9.20. The molecule has 0 unspecified atom stereocenters. The molecule has 1 aromatic rings. The highest BCUT2D eigenvalue weighted by Crippen LogP contribution is 2.23. The van der Waals surface area contributed by atoms with Crippen molar-refractivity contribution in [3.8, 4) is 0 Å². The van der Waals surface area contributed by atoms with Gasteiger partial charge in [-0.25, -0.2) is 0 Å². The van der Waals surface area contributed by atoms with Crippen molar-refractivity contribution in [2.45, 2.75) is 57.7 Å². The minimum Gasteiger partial charge on any atom is -0.314 e. The Morgan fingerprint density at radius 2 is 1.95 bits per heavy atom. The number of fused-ring (bicyclic) bond motifs is 1. The van der Waals surface area contributed by atoms with E-state index in [0.29, 0.717) is 5.54 Å². The largest absolute Gasteiger partial charge is 0.314 e. The van der Waals surface area contributed by atoms with Crippen LogP contribution in [0.15, 0.2) is 0 Å². The van der Waals surface area contributed by atoms with Crippen LogP contribution in [0.5, 0.6) is 0 Å². The lowest BCUT2D eigenvalue weighted by atomic mass is 9.90.